The van der Waals surface area contributed by atoms with Gasteiger partial charge in [0, 0.05) is 44.8 Å². The number of nitrogens with zero attached hydrogens (tertiary/aromatic N) is 2. The van der Waals surface area contributed by atoms with E-state index in [1.807, 2.05) is 60.7 Å². The number of urea groups is 1. The number of carbonyl (C=O) groups is 4. The van der Waals surface area contributed by atoms with Crippen LogP contribution in [0.25, 0.3) is 0 Å². The number of likely N-dealkylation sites (tertiary alicyclic amines) is 1. The van der Waals surface area contributed by atoms with E-state index >= 15 is 0 Å². The molecule has 0 saturated carbocycles. The van der Waals surface area contributed by atoms with Gasteiger partial charge in [-0.1, -0.05) is 60.7 Å². The van der Waals surface area contributed by atoms with Crippen molar-refractivity contribution in [2.75, 3.05) is 19.6 Å². The summed E-state index contributed by atoms with van der Waals surface area (Å²) in [5.74, 6) is -0.505. The number of rotatable bonds is 16. The number of aromatic nitrogens is 1. The molecule has 11 nitrogen and oxygen atoms in total. The van der Waals surface area contributed by atoms with E-state index in [9.17, 15) is 19.2 Å². The van der Waals surface area contributed by atoms with Crippen molar-refractivity contribution in [2.45, 2.75) is 83.0 Å². The Morgan fingerprint density at radius 1 is 0.830 bits per heavy atom. The van der Waals surface area contributed by atoms with Crippen molar-refractivity contribution in [3.8, 4) is 0 Å². The molecule has 0 spiro atoms. The van der Waals surface area contributed by atoms with Crippen molar-refractivity contribution in [3.63, 3.8) is 0 Å². The van der Waals surface area contributed by atoms with Crippen LogP contribution >= 0.6 is 11.3 Å². The first kappa shape index (κ1) is 35.4. The largest absolute Gasteiger partial charge is 0.444 e. The number of alkyl carbamates (subject to hydrolysis) is 1. The zero-order chi connectivity index (χ0) is 33.3. The van der Waals surface area contributed by atoms with Gasteiger partial charge in [-0.05, 0) is 62.5 Å². The van der Waals surface area contributed by atoms with Gasteiger partial charge < -0.3 is 30.9 Å². The van der Waals surface area contributed by atoms with Crippen LogP contribution in [0.4, 0.5) is 9.59 Å². The standard InChI is InChI=1S/C35H46N6O5S/c1-26(42)37-18-17-32(40-34(44)41-19-9-4-10-20-41)33(43)38-29(21-27-11-5-2-6-12-27)15-16-30(22-28-13-7-3-8-14-28)39-35(45)46-24-31-23-36-25-47-31/h2-3,5-8,11-14,23,25,29-30,32H,4,9-10,15-22,24H2,1H3,(H,37,42)(H,38,43)(H,39,45)(H,40,44)/t29-,30-,32-/m0/s1. The molecule has 1 aliphatic heterocycles. The number of hydrogen-bond acceptors (Lipinski definition) is 7. The molecule has 0 radical (unpaired) electrons. The number of piperidine rings is 1. The van der Waals surface area contributed by atoms with E-state index in [4.69, 9.17) is 4.74 Å². The molecular formula is C35H46N6O5S. The Hall–Kier alpha value is -4.45. The molecule has 252 valence electrons. The smallest absolute Gasteiger partial charge is 0.407 e. The molecule has 0 bridgehead atoms. The number of nitrogens with one attached hydrogen (secondary N) is 4. The summed E-state index contributed by atoms with van der Waals surface area (Å²) in [5.41, 5.74) is 3.82. The van der Waals surface area contributed by atoms with Crippen LogP contribution in [0.2, 0.25) is 0 Å². The number of benzene rings is 2. The summed E-state index contributed by atoms with van der Waals surface area (Å²) in [7, 11) is 0. The SMILES string of the molecule is CC(=O)NCC[C@H](NC(=O)N1CCCCC1)C(=O)N[C@@H](CC[C@@H](Cc1ccccc1)NC(=O)OCc1cncs1)Cc1ccccc1. The zero-order valence-electron chi connectivity index (χ0n) is 27.0. The third-order valence-electron chi connectivity index (χ3n) is 8.08. The predicted octanol–water partition coefficient (Wildman–Crippen LogP) is 4.58. The first-order valence-corrected chi connectivity index (χ1v) is 17.2. The minimum atomic E-state index is -0.825. The maximum absolute atomic E-state index is 13.8. The van der Waals surface area contributed by atoms with Crippen LogP contribution < -0.4 is 21.3 Å². The number of carbonyl (C=O) groups excluding carboxylic acids is 4. The minimum absolute atomic E-state index is 0.143. The molecule has 0 aliphatic carbocycles. The second-order valence-corrected chi connectivity index (χ2v) is 12.8. The molecule has 1 aliphatic rings. The van der Waals surface area contributed by atoms with Crippen LogP contribution in [0.15, 0.2) is 72.4 Å². The zero-order valence-corrected chi connectivity index (χ0v) is 27.8. The summed E-state index contributed by atoms with van der Waals surface area (Å²) in [6.07, 6.45) is 6.67. The second kappa shape index (κ2) is 19.3. The van der Waals surface area contributed by atoms with Gasteiger partial charge in [-0.2, -0.15) is 0 Å². The molecule has 1 fully saturated rings. The number of hydrogen-bond donors (Lipinski definition) is 4. The molecule has 3 atom stereocenters. The van der Waals surface area contributed by atoms with Crippen LogP contribution in [0.1, 0.15) is 61.5 Å². The van der Waals surface area contributed by atoms with Gasteiger partial charge in [-0.15, -0.1) is 11.3 Å². The highest BCUT2D eigenvalue weighted by Crippen LogP contribution is 2.15. The average molecular weight is 663 g/mol. The van der Waals surface area contributed by atoms with E-state index in [2.05, 4.69) is 26.3 Å². The lowest BCUT2D eigenvalue weighted by Gasteiger charge is -2.30. The summed E-state index contributed by atoms with van der Waals surface area (Å²) < 4.78 is 5.47. The molecule has 0 unspecified atom stereocenters. The number of thiazole rings is 1. The Labute approximate surface area is 280 Å². The Bertz CT molecular complexity index is 1390. The highest BCUT2D eigenvalue weighted by molar-refractivity contribution is 7.09. The van der Waals surface area contributed by atoms with Gasteiger partial charge in [0.05, 0.1) is 10.4 Å². The number of ether oxygens (including phenoxy) is 1. The Morgan fingerprint density at radius 2 is 1.45 bits per heavy atom. The van der Waals surface area contributed by atoms with Gasteiger partial charge in [0.2, 0.25) is 11.8 Å². The molecule has 2 aromatic carbocycles. The van der Waals surface area contributed by atoms with E-state index in [0.717, 1.165) is 35.3 Å². The molecule has 47 heavy (non-hydrogen) atoms. The van der Waals surface area contributed by atoms with Crippen molar-refractivity contribution < 1.29 is 23.9 Å². The molecule has 1 aromatic heterocycles. The van der Waals surface area contributed by atoms with E-state index in [1.54, 1.807) is 16.6 Å². The highest BCUT2D eigenvalue weighted by atomic mass is 32.1. The van der Waals surface area contributed by atoms with Gasteiger partial charge >= 0.3 is 12.1 Å². The lowest BCUT2D eigenvalue weighted by atomic mass is 9.95. The van der Waals surface area contributed by atoms with Gasteiger partial charge in [0.25, 0.3) is 0 Å². The first-order chi connectivity index (χ1) is 22.9. The summed E-state index contributed by atoms with van der Waals surface area (Å²) in [4.78, 5) is 57.9. The topological polar surface area (TPSA) is 142 Å². The lowest BCUT2D eigenvalue weighted by Crippen LogP contribution is -2.54. The van der Waals surface area contributed by atoms with Crippen LogP contribution in [0, 0.1) is 0 Å². The molecule has 2 heterocycles. The highest BCUT2D eigenvalue weighted by Gasteiger charge is 2.27. The molecule has 4 rings (SSSR count). The van der Waals surface area contributed by atoms with Crippen LogP contribution in [0.3, 0.4) is 0 Å². The monoisotopic (exact) mass is 662 g/mol. The van der Waals surface area contributed by atoms with Crippen LogP contribution in [0.5, 0.6) is 0 Å². The van der Waals surface area contributed by atoms with E-state index in [0.29, 0.717) is 38.8 Å². The maximum Gasteiger partial charge on any atom is 0.407 e. The summed E-state index contributed by atoms with van der Waals surface area (Å²) >= 11 is 1.42. The molecule has 3 aromatic rings. The Kier molecular flexibility index (Phi) is 14.5. The van der Waals surface area contributed by atoms with Crippen molar-refractivity contribution in [1.82, 2.24) is 31.2 Å². The van der Waals surface area contributed by atoms with Crippen molar-refractivity contribution in [2.24, 2.45) is 0 Å². The summed E-state index contributed by atoms with van der Waals surface area (Å²) in [5, 5.41) is 11.9. The fraction of sp³-hybridized carbons (Fsp3) is 0.457. The van der Waals surface area contributed by atoms with Crippen molar-refractivity contribution >= 4 is 35.3 Å². The first-order valence-electron chi connectivity index (χ1n) is 16.3. The fourth-order valence-corrected chi connectivity index (χ4v) is 6.11. The quantitative estimate of drug-likeness (QED) is 0.177. The second-order valence-electron chi connectivity index (χ2n) is 11.9. The van der Waals surface area contributed by atoms with Gasteiger partial charge in [-0.25, -0.2) is 9.59 Å². The van der Waals surface area contributed by atoms with E-state index < -0.39 is 12.1 Å². The number of amides is 5. The molecule has 5 amide bonds. The van der Waals surface area contributed by atoms with Crippen molar-refractivity contribution in [1.29, 1.82) is 0 Å². The lowest BCUT2D eigenvalue weighted by molar-refractivity contribution is -0.124. The minimum Gasteiger partial charge on any atom is -0.444 e. The fourth-order valence-electron chi connectivity index (χ4n) is 5.61. The average Bonchev–Trinajstić information content (AvgIpc) is 3.61. The Balaban J connectivity index is 1.45. The summed E-state index contributed by atoms with van der Waals surface area (Å²) in [6, 6.07) is 18.2. The third-order valence-corrected chi connectivity index (χ3v) is 8.83. The van der Waals surface area contributed by atoms with E-state index in [1.165, 1.54) is 18.3 Å². The molecular weight excluding hydrogens is 616 g/mol. The summed E-state index contributed by atoms with van der Waals surface area (Å²) in [6.45, 7) is 3.14. The van der Waals surface area contributed by atoms with Gasteiger partial charge in [-0.3, -0.25) is 14.6 Å². The van der Waals surface area contributed by atoms with Crippen LogP contribution in [-0.4, -0.2) is 71.6 Å². The molecule has 1 saturated heterocycles. The molecule has 12 heteroatoms. The predicted molar refractivity (Wildman–Crippen MR) is 182 cm³/mol. The van der Waals surface area contributed by atoms with Gasteiger partial charge in [0.1, 0.15) is 12.6 Å². The third kappa shape index (κ3) is 13.1. The normalized spacial score (nSPS) is 14.7. The maximum atomic E-state index is 13.8. The van der Waals surface area contributed by atoms with Crippen molar-refractivity contribution in [3.05, 3.63) is 88.4 Å². The Morgan fingerprint density at radius 3 is 2.02 bits per heavy atom. The van der Waals surface area contributed by atoms with Crippen LogP contribution in [-0.2, 0) is 33.8 Å². The molecule has 4 N–H and O–H groups in total. The van der Waals surface area contributed by atoms with Gasteiger partial charge in [0.15, 0.2) is 0 Å². The van der Waals surface area contributed by atoms with E-state index in [-0.39, 0.29) is 49.5 Å².